The third-order valence-electron chi connectivity index (χ3n) is 3.79. The number of halogens is 2. The van der Waals surface area contributed by atoms with Gasteiger partial charge in [0.25, 0.3) is 0 Å². The molecule has 0 saturated carbocycles. The van der Waals surface area contributed by atoms with Crippen molar-refractivity contribution in [2.45, 2.75) is 32.6 Å². The molecule has 0 unspecified atom stereocenters. The van der Waals surface area contributed by atoms with Crippen LogP contribution in [0.4, 0.5) is 0 Å². The molecule has 0 spiro atoms. The molecule has 2 rings (SSSR count). The van der Waals surface area contributed by atoms with Crippen LogP contribution in [0.15, 0.2) is 47.6 Å². The summed E-state index contributed by atoms with van der Waals surface area (Å²) in [6, 6.07) is 0. The number of aliphatic hydroxyl groups is 1. The fourth-order valence-electron chi connectivity index (χ4n) is 2.67. The SMILES string of the molecule is CC(CCCO)(C1=CC=CC1)C1=CC=CC1.[Cl][Zr][Cl]. The summed E-state index contributed by atoms with van der Waals surface area (Å²) in [5.41, 5.74) is 3.14. The Balaban J connectivity index is 0.000000550. The van der Waals surface area contributed by atoms with E-state index >= 15 is 0 Å². The van der Waals surface area contributed by atoms with Crippen molar-refractivity contribution >= 4 is 17.0 Å². The van der Waals surface area contributed by atoms with Crippen LogP contribution >= 0.6 is 17.0 Å². The zero-order chi connectivity index (χ0) is 14.1. The van der Waals surface area contributed by atoms with Gasteiger partial charge in [0.1, 0.15) is 0 Å². The first-order valence-corrected chi connectivity index (χ1v) is 12.8. The van der Waals surface area contributed by atoms with Crippen LogP contribution in [-0.4, -0.2) is 11.7 Å². The van der Waals surface area contributed by atoms with Crippen molar-refractivity contribution in [3.05, 3.63) is 47.6 Å². The molecule has 0 aliphatic heterocycles. The van der Waals surface area contributed by atoms with Gasteiger partial charge in [-0.15, -0.1) is 0 Å². The third kappa shape index (κ3) is 5.01. The van der Waals surface area contributed by atoms with Crippen molar-refractivity contribution in [1.29, 1.82) is 0 Å². The Kier molecular flexibility index (Phi) is 8.57. The van der Waals surface area contributed by atoms with Gasteiger partial charge in [0.15, 0.2) is 0 Å². The van der Waals surface area contributed by atoms with Crippen molar-refractivity contribution in [2.75, 3.05) is 6.61 Å². The van der Waals surface area contributed by atoms with Gasteiger partial charge in [-0.05, 0) is 25.7 Å². The van der Waals surface area contributed by atoms with E-state index in [1.807, 2.05) is 0 Å². The van der Waals surface area contributed by atoms with Gasteiger partial charge in [0.2, 0.25) is 0 Å². The third-order valence-corrected chi connectivity index (χ3v) is 3.79. The Morgan fingerprint density at radius 2 is 1.63 bits per heavy atom. The van der Waals surface area contributed by atoms with Crippen molar-refractivity contribution in [2.24, 2.45) is 5.41 Å². The molecular formula is C15H20Cl2OZr. The van der Waals surface area contributed by atoms with Crippen molar-refractivity contribution in [3.63, 3.8) is 0 Å². The second-order valence-electron chi connectivity index (χ2n) is 4.88. The van der Waals surface area contributed by atoms with Gasteiger partial charge < -0.3 is 5.11 Å². The monoisotopic (exact) mass is 376 g/mol. The van der Waals surface area contributed by atoms with E-state index in [-0.39, 0.29) is 12.0 Å². The van der Waals surface area contributed by atoms with E-state index in [1.54, 1.807) is 0 Å². The van der Waals surface area contributed by atoms with Gasteiger partial charge in [-0.1, -0.05) is 54.5 Å². The maximum absolute atomic E-state index is 9.05. The van der Waals surface area contributed by atoms with Crippen LogP contribution < -0.4 is 0 Å². The van der Waals surface area contributed by atoms with Gasteiger partial charge in [0.05, 0.1) is 0 Å². The zero-order valence-corrected chi connectivity index (χ0v) is 15.2. The first kappa shape index (κ1) is 17.4. The Bertz CT molecular complexity index is 367. The van der Waals surface area contributed by atoms with Crippen LogP contribution in [0.5, 0.6) is 0 Å². The van der Waals surface area contributed by atoms with E-state index < -0.39 is 20.8 Å². The van der Waals surface area contributed by atoms with Crippen LogP contribution in [0.3, 0.4) is 0 Å². The molecule has 0 radical (unpaired) electrons. The van der Waals surface area contributed by atoms with Crippen LogP contribution in [0.1, 0.15) is 32.6 Å². The topological polar surface area (TPSA) is 20.2 Å². The van der Waals surface area contributed by atoms with E-state index in [9.17, 15) is 0 Å². The van der Waals surface area contributed by atoms with E-state index in [4.69, 9.17) is 22.1 Å². The summed E-state index contributed by atoms with van der Waals surface area (Å²) in [5, 5.41) is 9.05. The average Bonchev–Trinajstić information content (AvgIpc) is 3.08. The Labute approximate surface area is 134 Å². The van der Waals surface area contributed by atoms with Gasteiger partial charge in [0, 0.05) is 12.0 Å². The quantitative estimate of drug-likeness (QED) is 0.720. The Hall–Kier alpha value is 0.383. The first-order chi connectivity index (χ1) is 9.19. The van der Waals surface area contributed by atoms with E-state index in [2.05, 4.69) is 43.4 Å². The van der Waals surface area contributed by atoms with Crippen LogP contribution in [0.25, 0.3) is 0 Å². The van der Waals surface area contributed by atoms with E-state index in [0.29, 0.717) is 0 Å². The second-order valence-corrected chi connectivity index (χ2v) is 8.61. The summed E-state index contributed by atoms with van der Waals surface area (Å²) in [6.45, 7) is 2.61. The van der Waals surface area contributed by atoms with Crippen LogP contribution in [-0.2, 0) is 20.8 Å². The minimum atomic E-state index is -0.826. The van der Waals surface area contributed by atoms with Gasteiger partial charge in [-0.3, -0.25) is 0 Å². The number of hydrogen-bond acceptors (Lipinski definition) is 1. The molecule has 1 N–H and O–H groups in total. The van der Waals surface area contributed by atoms with Crippen molar-refractivity contribution in [3.8, 4) is 0 Å². The molecule has 104 valence electrons. The molecule has 2 aliphatic rings. The molecule has 0 aromatic rings. The van der Waals surface area contributed by atoms with Gasteiger partial charge >= 0.3 is 37.9 Å². The van der Waals surface area contributed by atoms with Gasteiger partial charge in [-0.2, -0.15) is 0 Å². The molecule has 0 amide bonds. The van der Waals surface area contributed by atoms with E-state index in [0.717, 1.165) is 25.7 Å². The molecule has 0 bridgehead atoms. The standard InChI is InChI=1S/C15H20O.2ClH.Zr/c1-15(11-6-12-16,13-7-2-3-8-13)14-9-4-5-10-14;;;/h2-5,7,9,16H,6,8,10-12H2,1H3;2*1H;/q;;;+2/p-2. The Morgan fingerprint density at radius 3 is 1.95 bits per heavy atom. The molecule has 0 saturated heterocycles. The summed E-state index contributed by atoms with van der Waals surface area (Å²) in [7, 11) is 9.87. The van der Waals surface area contributed by atoms with Gasteiger partial charge in [-0.25, -0.2) is 0 Å². The molecule has 1 nitrogen and oxygen atoms in total. The molecule has 19 heavy (non-hydrogen) atoms. The average molecular weight is 378 g/mol. The maximum atomic E-state index is 9.05. The fraction of sp³-hybridized carbons (Fsp3) is 0.467. The molecule has 0 heterocycles. The molecule has 0 fully saturated rings. The molecule has 0 atom stereocenters. The summed E-state index contributed by atoms with van der Waals surface area (Å²) in [5.74, 6) is 0. The molecule has 2 aliphatic carbocycles. The van der Waals surface area contributed by atoms with E-state index in [1.165, 1.54) is 11.1 Å². The minimum absolute atomic E-state index is 0.149. The second kappa shape index (κ2) is 9.34. The summed E-state index contributed by atoms with van der Waals surface area (Å²) >= 11 is -0.826. The fourth-order valence-corrected chi connectivity index (χ4v) is 2.67. The summed E-state index contributed by atoms with van der Waals surface area (Å²) in [6.07, 6.45) is 17.3. The number of allylic oxidation sites excluding steroid dienone is 8. The summed E-state index contributed by atoms with van der Waals surface area (Å²) < 4.78 is 0. The Morgan fingerprint density at radius 1 is 1.16 bits per heavy atom. The molecule has 0 aromatic heterocycles. The molecular weight excluding hydrogens is 358 g/mol. The predicted molar refractivity (Wildman–Crippen MR) is 79.8 cm³/mol. The normalized spacial score (nSPS) is 16.8. The molecule has 4 heteroatoms. The number of aliphatic hydroxyl groups excluding tert-OH is 1. The van der Waals surface area contributed by atoms with Crippen LogP contribution in [0.2, 0.25) is 0 Å². The van der Waals surface area contributed by atoms with Crippen molar-refractivity contribution < 1.29 is 26.0 Å². The number of hydrogen-bond donors (Lipinski definition) is 1. The summed E-state index contributed by atoms with van der Waals surface area (Å²) in [4.78, 5) is 0. The van der Waals surface area contributed by atoms with Crippen LogP contribution in [0, 0.1) is 5.41 Å². The molecule has 0 aromatic carbocycles. The number of rotatable bonds is 5. The zero-order valence-electron chi connectivity index (χ0n) is 11.2. The predicted octanol–water partition coefficient (Wildman–Crippen LogP) is 4.91. The first-order valence-electron chi connectivity index (χ1n) is 6.48. The van der Waals surface area contributed by atoms with Crippen molar-refractivity contribution in [1.82, 2.24) is 0 Å².